The molecule has 0 saturated carbocycles. The molecule has 0 heterocycles. The molecule has 0 fully saturated rings. The number of rotatable bonds is 5. The number of nitriles is 1. The van der Waals surface area contributed by atoms with Crippen molar-refractivity contribution < 1.29 is 0 Å². The Morgan fingerprint density at radius 2 is 2.09 bits per heavy atom. The van der Waals surface area contributed by atoms with Crippen LogP contribution in [0.2, 0.25) is 0 Å². The maximum Gasteiger partial charge on any atom is 0.0655 e. The van der Waals surface area contributed by atoms with Crippen molar-refractivity contribution in [2.45, 2.75) is 39.5 Å². The smallest absolute Gasteiger partial charge is 0.0655 e. The Hall–Kier alpha value is -0.770. The van der Waals surface area contributed by atoms with Crippen molar-refractivity contribution in [2.75, 3.05) is 0 Å². The van der Waals surface area contributed by atoms with Crippen molar-refractivity contribution in [1.82, 2.24) is 0 Å². The van der Waals surface area contributed by atoms with Crippen molar-refractivity contribution >= 4 is 0 Å². The van der Waals surface area contributed by atoms with Crippen LogP contribution in [0.4, 0.5) is 0 Å². The van der Waals surface area contributed by atoms with Gasteiger partial charge in [0.15, 0.2) is 0 Å². The molecule has 0 aliphatic carbocycles. The third kappa shape index (κ3) is 5.66. The van der Waals surface area contributed by atoms with Gasteiger partial charge in [-0.25, -0.2) is 0 Å². The van der Waals surface area contributed by atoms with Gasteiger partial charge in [-0.3, -0.25) is 0 Å². The lowest BCUT2D eigenvalue weighted by molar-refractivity contribution is 0.591. The molecule has 0 aromatic carbocycles. The minimum atomic E-state index is 0.261. The zero-order valence-electron chi connectivity index (χ0n) is 7.51. The topological polar surface area (TPSA) is 23.8 Å². The first-order chi connectivity index (χ1) is 5.35. The average Bonchev–Trinajstić information content (AvgIpc) is 2.05. The third-order valence-electron chi connectivity index (χ3n) is 1.76. The van der Waals surface area contributed by atoms with Crippen LogP contribution < -0.4 is 0 Å². The van der Waals surface area contributed by atoms with Gasteiger partial charge in [-0.1, -0.05) is 26.0 Å². The van der Waals surface area contributed by atoms with E-state index in [9.17, 15) is 0 Å². The van der Waals surface area contributed by atoms with Crippen LogP contribution in [0.15, 0.2) is 12.2 Å². The van der Waals surface area contributed by atoms with Crippen molar-refractivity contribution in [2.24, 2.45) is 5.92 Å². The summed E-state index contributed by atoms with van der Waals surface area (Å²) in [6.07, 6.45) is 8.48. The van der Waals surface area contributed by atoms with Gasteiger partial charge in [0.2, 0.25) is 0 Å². The van der Waals surface area contributed by atoms with E-state index in [4.69, 9.17) is 5.26 Å². The Balaban J connectivity index is 3.37. The molecule has 0 aliphatic heterocycles. The molecule has 0 saturated heterocycles. The Bertz CT molecular complexity index is 141. The molecule has 0 rings (SSSR count). The van der Waals surface area contributed by atoms with Crippen LogP contribution in [0.3, 0.4) is 0 Å². The van der Waals surface area contributed by atoms with Crippen molar-refractivity contribution in [1.29, 1.82) is 5.26 Å². The molecular formula is C10H17N. The fourth-order valence-electron chi connectivity index (χ4n) is 0.942. The second kappa shape index (κ2) is 7.34. The molecule has 0 aromatic heterocycles. The van der Waals surface area contributed by atoms with Crippen LogP contribution >= 0.6 is 0 Å². The second-order valence-electron chi connectivity index (χ2n) is 2.69. The van der Waals surface area contributed by atoms with Gasteiger partial charge in [0.25, 0.3) is 0 Å². The highest BCUT2D eigenvalue weighted by molar-refractivity contribution is 4.86. The van der Waals surface area contributed by atoms with Gasteiger partial charge in [-0.05, 0) is 25.7 Å². The molecule has 0 aliphatic rings. The fourth-order valence-corrected chi connectivity index (χ4v) is 0.942. The van der Waals surface area contributed by atoms with Gasteiger partial charge in [-0.15, -0.1) is 0 Å². The Labute approximate surface area is 69.7 Å². The van der Waals surface area contributed by atoms with Gasteiger partial charge < -0.3 is 0 Å². The summed E-state index contributed by atoms with van der Waals surface area (Å²) >= 11 is 0. The van der Waals surface area contributed by atoms with Crippen LogP contribution in [0.25, 0.3) is 0 Å². The number of allylic oxidation sites excluding steroid dienone is 2. The first-order valence-electron chi connectivity index (χ1n) is 4.39. The highest BCUT2D eigenvalue weighted by Gasteiger charge is 2.00. The predicted octanol–water partition coefficient (Wildman–Crippen LogP) is 3.28. The number of hydrogen-bond donors (Lipinski definition) is 0. The fraction of sp³-hybridized carbons (Fsp3) is 0.700. The van der Waals surface area contributed by atoms with E-state index in [-0.39, 0.29) is 5.92 Å². The number of hydrogen-bond acceptors (Lipinski definition) is 1. The zero-order valence-corrected chi connectivity index (χ0v) is 7.51. The molecule has 11 heavy (non-hydrogen) atoms. The van der Waals surface area contributed by atoms with Gasteiger partial charge in [0, 0.05) is 5.92 Å². The van der Waals surface area contributed by atoms with E-state index < -0.39 is 0 Å². The molecule has 1 nitrogen and oxygen atoms in total. The average molecular weight is 151 g/mol. The monoisotopic (exact) mass is 151 g/mol. The van der Waals surface area contributed by atoms with E-state index in [0.717, 1.165) is 25.7 Å². The van der Waals surface area contributed by atoms with Gasteiger partial charge in [0.1, 0.15) is 0 Å². The van der Waals surface area contributed by atoms with Gasteiger partial charge >= 0.3 is 0 Å². The largest absolute Gasteiger partial charge is 0.198 e. The minimum Gasteiger partial charge on any atom is -0.198 e. The van der Waals surface area contributed by atoms with Crippen LogP contribution in [-0.2, 0) is 0 Å². The summed E-state index contributed by atoms with van der Waals surface area (Å²) < 4.78 is 0. The maximum atomic E-state index is 8.61. The molecule has 1 unspecified atom stereocenters. The lowest BCUT2D eigenvalue weighted by Crippen LogP contribution is -1.92. The molecule has 1 atom stereocenters. The normalized spacial score (nSPS) is 13.2. The van der Waals surface area contributed by atoms with E-state index in [1.807, 2.05) is 0 Å². The number of nitrogens with zero attached hydrogens (tertiary/aromatic N) is 1. The summed E-state index contributed by atoms with van der Waals surface area (Å²) in [6.45, 7) is 4.19. The third-order valence-corrected chi connectivity index (χ3v) is 1.76. The van der Waals surface area contributed by atoms with E-state index in [1.165, 1.54) is 0 Å². The van der Waals surface area contributed by atoms with Crippen molar-refractivity contribution in [3.05, 3.63) is 12.2 Å². The summed E-state index contributed by atoms with van der Waals surface area (Å²) in [6, 6.07) is 2.29. The summed E-state index contributed by atoms with van der Waals surface area (Å²) in [5.74, 6) is 0.261. The SMILES string of the molecule is CC/C=C/CCC(C#N)CC. The molecular weight excluding hydrogens is 134 g/mol. The standard InChI is InChI=1S/C10H17N/c1-3-5-6-7-8-10(4-2)9-11/h5-6,10H,3-4,7-8H2,1-2H3/b6-5+. The highest BCUT2D eigenvalue weighted by Crippen LogP contribution is 2.09. The zero-order chi connectivity index (χ0) is 8.53. The Morgan fingerprint density at radius 3 is 2.55 bits per heavy atom. The lowest BCUT2D eigenvalue weighted by atomic mass is 10.0. The van der Waals surface area contributed by atoms with Crippen molar-refractivity contribution in [3.63, 3.8) is 0 Å². The second-order valence-corrected chi connectivity index (χ2v) is 2.69. The Morgan fingerprint density at radius 1 is 1.36 bits per heavy atom. The van der Waals surface area contributed by atoms with Gasteiger partial charge in [0.05, 0.1) is 6.07 Å². The van der Waals surface area contributed by atoms with Crippen LogP contribution in [0, 0.1) is 17.2 Å². The molecule has 62 valence electrons. The van der Waals surface area contributed by atoms with E-state index in [0.29, 0.717) is 0 Å². The van der Waals surface area contributed by atoms with Crippen molar-refractivity contribution in [3.8, 4) is 6.07 Å². The molecule has 0 amide bonds. The highest BCUT2D eigenvalue weighted by atomic mass is 14.3. The first-order valence-corrected chi connectivity index (χ1v) is 4.39. The molecule has 0 bridgehead atoms. The quantitative estimate of drug-likeness (QED) is 0.553. The molecule has 0 radical (unpaired) electrons. The summed E-state index contributed by atoms with van der Waals surface area (Å²) in [7, 11) is 0. The minimum absolute atomic E-state index is 0.261. The van der Waals surface area contributed by atoms with Gasteiger partial charge in [-0.2, -0.15) is 5.26 Å². The van der Waals surface area contributed by atoms with Crippen LogP contribution in [-0.4, -0.2) is 0 Å². The molecule has 1 heteroatoms. The van der Waals surface area contributed by atoms with E-state index in [1.54, 1.807) is 0 Å². The first kappa shape index (κ1) is 10.2. The summed E-state index contributed by atoms with van der Waals surface area (Å²) in [5.41, 5.74) is 0. The van der Waals surface area contributed by atoms with E-state index >= 15 is 0 Å². The summed E-state index contributed by atoms with van der Waals surface area (Å²) in [4.78, 5) is 0. The lowest BCUT2D eigenvalue weighted by Gasteiger charge is -2.00. The maximum absolute atomic E-state index is 8.61. The predicted molar refractivity (Wildman–Crippen MR) is 48.1 cm³/mol. The summed E-state index contributed by atoms with van der Waals surface area (Å²) in [5, 5.41) is 8.61. The van der Waals surface area contributed by atoms with Crippen LogP contribution in [0.5, 0.6) is 0 Å². The molecule has 0 spiro atoms. The van der Waals surface area contributed by atoms with E-state index in [2.05, 4.69) is 32.1 Å². The Kier molecular flexibility index (Phi) is 6.82. The molecule has 0 N–H and O–H groups in total. The van der Waals surface area contributed by atoms with Crippen LogP contribution in [0.1, 0.15) is 39.5 Å². The molecule has 0 aromatic rings.